The number of ether oxygens (including phenoxy) is 1. The molecule has 1 aromatic carbocycles. The maximum absolute atomic E-state index is 12.7. The highest BCUT2D eigenvalue weighted by atomic mass is 16.5. The number of morpholine rings is 1. The van der Waals surface area contributed by atoms with Crippen LogP contribution in [0.1, 0.15) is 30.7 Å². The zero-order chi connectivity index (χ0) is 20.7. The molecule has 0 radical (unpaired) electrons. The summed E-state index contributed by atoms with van der Waals surface area (Å²) in [7, 11) is 0. The van der Waals surface area contributed by atoms with Crippen LogP contribution in [0.5, 0.6) is 0 Å². The van der Waals surface area contributed by atoms with E-state index in [1.54, 1.807) is 0 Å². The minimum absolute atomic E-state index is 0.00623. The van der Waals surface area contributed by atoms with E-state index < -0.39 is 0 Å². The number of nitrogens with one attached hydrogen (secondary N) is 1. The second-order valence-corrected chi connectivity index (χ2v) is 8.43. The average molecular weight is 406 g/mol. The van der Waals surface area contributed by atoms with Crippen molar-refractivity contribution in [1.82, 2.24) is 19.9 Å². The molecule has 30 heavy (non-hydrogen) atoms. The Morgan fingerprint density at radius 1 is 1.17 bits per heavy atom. The molecule has 0 aliphatic carbocycles. The van der Waals surface area contributed by atoms with Crippen LogP contribution in [-0.2, 0) is 24.2 Å². The molecule has 7 nitrogen and oxygen atoms in total. The van der Waals surface area contributed by atoms with E-state index in [4.69, 9.17) is 9.72 Å². The minimum Gasteiger partial charge on any atom is -0.372 e. The van der Waals surface area contributed by atoms with Gasteiger partial charge in [-0.15, -0.1) is 0 Å². The van der Waals surface area contributed by atoms with Crippen molar-refractivity contribution in [1.29, 1.82) is 0 Å². The molecule has 1 saturated heterocycles. The Morgan fingerprint density at radius 3 is 2.80 bits per heavy atom. The number of para-hydroxylation sites is 1. The van der Waals surface area contributed by atoms with Crippen LogP contribution in [0.15, 0.2) is 41.3 Å². The summed E-state index contributed by atoms with van der Waals surface area (Å²) in [4.78, 5) is 29.7. The molecule has 2 unspecified atom stereocenters. The van der Waals surface area contributed by atoms with Crippen LogP contribution in [0.4, 0.5) is 5.95 Å². The van der Waals surface area contributed by atoms with Crippen molar-refractivity contribution in [3.05, 3.63) is 63.7 Å². The van der Waals surface area contributed by atoms with E-state index in [2.05, 4.69) is 57.9 Å². The maximum atomic E-state index is 12.7. The third-order valence-electron chi connectivity index (χ3n) is 5.97. The van der Waals surface area contributed by atoms with Gasteiger partial charge in [-0.3, -0.25) is 19.7 Å². The highest BCUT2D eigenvalue weighted by molar-refractivity contribution is 5.81. The van der Waals surface area contributed by atoms with Crippen LogP contribution in [0.3, 0.4) is 0 Å². The first kappa shape index (κ1) is 19.2. The molecule has 2 aliphatic heterocycles. The van der Waals surface area contributed by atoms with E-state index in [-0.39, 0.29) is 17.8 Å². The number of hydrogen-bond donors (Lipinski definition) is 1. The molecule has 0 spiro atoms. The van der Waals surface area contributed by atoms with Crippen LogP contribution in [0, 0.1) is 0 Å². The first-order valence-corrected chi connectivity index (χ1v) is 10.6. The molecule has 3 aromatic rings. The molecule has 5 rings (SSSR count). The standard InChI is InChI=1S/C23H27N5O2/c1-15-11-28(12-16(2)30-15)23-25-20-14-27(10-8-19(20)22(29)26-23)13-18-6-3-5-17-7-4-9-24-21(17)18/h3-7,9,15-16H,8,10-14H2,1-2H3,(H,25,26,29). The molecule has 1 fully saturated rings. The fourth-order valence-electron chi connectivity index (χ4n) is 4.65. The topological polar surface area (TPSA) is 74.4 Å². The number of nitrogens with zero attached hydrogens (tertiary/aromatic N) is 4. The Hall–Kier alpha value is -2.77. The van der Waals surface area contributed by atoms with Crippen molar-refractivity contribution in [2.75, 3.05) is 24.5 Å². The summed E-state index contributed by atoms with van der Waals surface area (Å²) in [6.07, 6.45) is 2.79. The number of aromatic amines is 1. The lowest BCUT2D eigenvalue weighted by Gasteiger charge is -2.36. The molecular formula is C23H27N5O2. The van der Waals surface area contributed by atoms with Gasteiger partial charge in [0, 0.05) is 49.9 Å². The number of pyridine rings is 1. The largest absolute Gasteiger partial charge is 0.372 e. The Morgan fingerprint density at radius 2 is 1.97 bits per heavy atom. The molecule has 2 aromatic heterocycles. The normalized spacial score (nSPS) is 22.3. The molecule has 2 aliphatic rings. The summed E-state index contributed by atoms with van der Waals surface area (Å²) in [5, 5.41) is 1.15. The van der Waals surface area contributed by atoms with E-state index in [0.717, 1.165) is 48.3 Å². The average Bonchev–Trinajstić information content (AvgIpc) is 2.73. The molecule has 0 saturated carbocycles. The first-order valence-electron chi connectivity index (χ1n) is 10.6. The first-order chi connectivity index (χ1) is 14.6. The van der Waals surface area contributed by atoms with Crippen molar-refractivity contribution >= 4 is 16.9 Å². The third-order valence-corrected chi connectivity index (χ3v) is 5.97. The fraction of sp³-hybridized carbons (Fsp3) is 0.435. The lowest BCUT2D eigenvalue weighted by Crippen LogP contribution is -2.47. The number of benzene rings is 1. The molecule has 0 amide bonds. The van der Waals surface area contributed by atoms with Crippen LogP contribution < -0.4 is 10.5 Å². The van der Waals surface area contributed by atoms with Crippen molar-refractivity contribution in [2.45, 2.75) is 45.6 Å². The highest BCUT2D eigenvalue weighted by Crippen LogP contribution is 2.23. The van der Waals surface area contributed by atoms with Gasteiger partial charge in [0.05, 0.1) is 23.4 Å². The Kier molecular flexibility index (Phi) is 5.00. The monoisotopic (exact) mass is 405 g/mol. The molecule has 4 heterocycles. The van der Waals surface area contributed by atoms with Crippen LogP contribution >= 0.6 is 0 Å². The summed E-state index contributed by atoms with van der Waals surface area (Å²) < 4.78 is 5.82. The fourth-order valence-corrected chi connectivity index (χ4v) is 4.65. The zero-order valence-corrected chi connectivity index (χ0v) is 17.5. The predicted octanol–water partition coefficient (Wildman–Crippen LogP) is 2.49. The van der Waals surface area contributed by atoms with Crippen LogP contribution in [-0.4, -0.2) is 51.7 Å². The van der Waals surface area contributed by atoms with Gasteiger partial charge in [-0.25, -0.2) is 4.98 Å². The SMILES string of the molecule is CC1CN(c2nc3c(c(=O)[nH]2)CCN(Cc2cccc4cccnc24)C3)CC(C)O1. The number of aromatic nitrogens is 3. The summed E-state index contributed by atoms with van der Waals surface area (Å²) in [6, 6.07) is 10.4. The molecule has 2 atom stereocenters. The lowest BCUT2D eigenvalue weighted by molar-refractivity contribution is -0.00576. The van der Waals surface area contributed by atoms with Gasteiger partial charge in [0.2, 0.25) is 5.95 Å². The van der Waals surface area contributed by atoms with Gasteiger partial charge in [0.1, 0.15) is 0 Å². The molecule has 156 valence electrons. The third kappa shape index (κ3) is 3.70. The Labute approximate surface area is 175 Å². The second kappa shape index (κ2) is 7.81. The summed E-state index contributed by atoms with van der Waals surface area (Å²) >= 11 is 0. The number of hydrogen-bond acceptors (Lipinski definition) is 6. The van der Waals surface area contributed by atoms with Gasteiger partial charge in [-0.2, -0.15) is 0 Å². The number of H-pyrrole nitrogens is 1. The Bertz CT molecular complexity index is 1110. The van der Waals surface area contributed by atoms with Crippen molar-refractivity contribution in [2.24, 2.45) is 0 Å². The van der Waals surface area contributed by atoms with E-state index >= 15 is 0 Å². The molecule has 0 bridgehead atoms. The Balaban J connectivity index is 1.40. The predicted molar refractivity (Wildman–Crippen MR) is 117 cm³/mol. The quantitative estimate of drug-likeness (QED) is 0.722. The van der Waals surface area contributed by atoms with Crippen LogP contribution in [0.2, 0.25) is 0 Å². The summed E-state index contributed by atoms with van der Waals surface area (Å²) in [6.45, 7) is 7.88. The van der Waals surface area contributed by atoms with Gasteiger partial charge in [0.25, 0.3) is 5.56 Å². The minimum atomic E-state index is -0.00623. The van der Waals surface area contributed by atoms with E-state index in [1.165, 1.54) is 5.56 Å². The van der Waals surface area contributed by atoms with E-state index in [0.29, 0.717) is 18.9 Å². The van der Waals surface area contributed by atoms with Crippen LogP contribution in [0.25, 0.3) is 10.9 Å². The van der Waals surface area contributed by atoms with E-state index in [1.807, 2.05) is 12.3 Å². The summed E-state index contributed by atoms with van der Waals surface area (Å²) in [5.74, 6) is 0.662. The summed E-state index contributed by atoms with van der Waals surface area (Å²) in [5.41, 5.74) is 3.95. The molecule has 7 heteroatoms. The van der Waals surface area contributed by atoms with Crippen molar-refractivity contribution in [3.63, 3.8) is 0 Å². The highest BCUT2D eigenvalue weighted by Gasteiger charge is 2.27. The molecule has 1 N–H and O–H groups in total. The zero-order valence-electron chi connectivity index (χ0n) is 17.5. The van der Waals surface area contributed by atoms with Crippen molar-refractivity contribution in [3.8, 4) is 0 Å². The van der Waals surface area contributed by atoms with Crippen molar-refractivity contribution < 1.29 is 4.74 Å². The smallest absolute Gasteiger partial charge is 0.255 e. The second-order valence-electron chi connectivity index (χ2n) is 8.43. The lowest BCUT2D eigenvalue weighted by atomic mass is 10.0. The number of anilines is 1. The number of rotatable bonds is 3. The molecular weight excluding hydrogens is 378 g/mol. The maximum Gasteiger partial charge on any atom is 0.255 e. The van der Waals surface area contributed by atoms with Gasteiger partial charge < -0.3 is 9.64 Å². The van der Waals surface area contributed by atoms with Gasteiger partial charge in [0.15, 0.2) is 0 Å². The van der Waals surface area contributed by atoms with Gasteiger partial charge in [-0.1, -0.05) is 24.3 Å². The van der Waals surface area contributed by atoms with E-state index in [9.17, 15) is 4.79 Å². The number of fused-ring (bicyclic) bond motifs is 2. The van der Waals surface area contributed by atoms with Gasteiger partial charge in [-0.05, 0) is 31.9 Å². The van der Waals surface area contributed by atoms with Gasteiger partial charge >= 0.3 is 0 Å².